The number of ether oxygens (including phenoxy) is 1. The molecule has 108 valence electrons. The molecule has 3 nitrogen and oxygen atoms in total. The Labute approximate surface area is 124 Å². The lowest BCUT2D eigenvalue weighted by Crippen LogP contribution is -1.96. The SMILES string of the molecule is Cc1cc(OCc2ccc(O)cc2)ccc1C#CCCO. The van der Waals surface area contributed by atoms with Crippen LogP contribution in [0.1, 0.15) is 23.1 Å². The molecule has 0 unspecified atom stereocenters. The van der Waals surface area contributed by atoms with Crippen molar-refractivity contribution in [3.63, 3.8) is 0 Å². The summed E-state index contributed by atoms with van der Waals surface area (Å²) in [6.45, 7) is 2.52. The first kappa shape index (κ1) is 15.0. The fraction of sp³-hybridized carbons (Fsp3) is 0.222. The molecule has 2 rings (SSSR count). The van der Waals surface area contributed by atoms with Gasteiger partial charge in [-0.2, -0.15) is 0 Å². The zero-order valence-electron chi connectivity index (χ0n) is 12.0. The van der Waals surface area contributed by atoms with Gasteiger partial charge in [0.2, 0.25) is 0 Å². The molecule has 0 saturated carbocycles. The minimum absolute atomic E-state index is 0.0832. The second-order valence-corrected chi connectivity index (χ2v) is 4.71. The number of phenols is 1. The topological polar surface area (TPSA) is 49.7 Å². The van der Waals surface area contributed by atoms with Crippen molar-refractivity contribution >= 4 is 0 Å². The number of benzene rings is 2. The van der Waals surface area contributed by atoms with Crippen molar-refractivity contribution < 1.29 is 14.9 Å². The maximum absolute atomic E-state index is 9.23. The van der Waals surface area contributed by atoms with E-state index in [0.29, 0.717) is 13.0 Å². The van der Waals surface area contributed by atoms with Gasteiger partial charge in [-0.3, -0.25) is 0 Å². The van der Waals surface area contributed by atoms with Crippen molar-refractivity contribution in [1.29, 1.82) is 0 Å². The van der Waals surface area contributed by atoms with E-state index in [9.17, 15) is 5.11 Å². The first-order valence-electron chi connectivity index (χ1n) is 6.80. The summed E-state index contributed by atoms with van der Waals surface area (Å²) in [5.41, 5.74) is 2.99. The lowest BCUT2D eigenvalue weighted by Gasteiger charge is -2.08. The third-order valence-corrected chi connectivity index (χ3v) is 3.00. The average molecular weight is 282 g/mol. The predicted molar refractivity (Wildman–Crippen MR) is 82.2 cm³/mol. The van der Waals surface area contributed by atoms with Gasteiger partial charge in [0.15, 0.2) is 0 Å². The summed E-state index contributed by atoms with van der Waals surface area (Å²) in [5.74, 6) is 6.97. The summed E-state index contributed by atoms with van der Waals surface area (Å²) in [4.78, 5) is 0. The highest BCUT2D eigenvalue weighted by molar-refractivity contribution is 5.44. The van der Waals surface area contributed by atoms with Crippen molar-refractivity contribution in [3.8, 4) is 23.3 Å². The molecule has 21 heavy (non-hydrogen) atoms. The summed E-state index contributed by atoms with van der Waals surface area (Å²) in [7, 11) is 0. The molecule has 0 amide bonds. The number of aliphatic hydroxyl groups is 1. The van der Waals surface area contributed by atoms with E-state index in [2.05, 4.69) is 11.8 Å². The van der Waals surface area contributed by atoms with Gasteiger partial charge in [0.1, 0.15) is 18.1 Å². The highest BCUT2D eigenvalue weighted by Crippen LogP contribution is 2.18. The molecule has 0 atom stereocenters. The van der Waals surface area contributed by atoms with Crippen LogP contribution in [0.4, 0.5) is 0 Å². The Morgan fingerprint density at radius 2 is 1.86 bits per heavy atom. The van der Waals surface area contributed by atoms with Crippen LogP contribution in [0.25, 0.3) is 0 Å². The number of phenolic OH excluding ortho intramolecular Hbond substituents is 1. The predicted octanol–water partition coefficient (Wildman–Crippen LogP) is 3.01. The number of hydrogen-bond acceptors (Lipinski definition) is 3. The fourth-order valence-corrected chi connectivity index (χ4v) is 1.84. The smallest absolute Gasteiger partial charge is 0.120 e. The van der Waals surface area contributed by atoms with Crippen LogP contribution in [-0.4, -0.2) is 16.8 Å². The molecule has 0 fully saturated rings. The third-order valence-electron chi connectivity index (χ3n) is 3.00. The number of rotatable bonds is 4. The van der Waals surface area contributed by atoms with Gasteiger partial charge in [-0.15, -0.1) is 0 Å². The molecule has 2 N–H and O–H groups in total. The lowest BCUT2D eigenvalue weighted by molar-refractivity contribution is 0.305. The second-order valence-electron chi connectivity index (χ2n) is 4.71. The maximum atomic E-state index is 9.23. The summed E-state index contributed by atoms with van der Waals surface area (Å²) in [6, 6.07) is 12.7. The molecule has 0 radical (unpaired) electrons. The second kappa shape index (κ2) is 7.37. The number of aromatic hydroxyl groups is 1. The largest absolute Gasteiger partial charge is 0.508 e. The molecular weight excluding hydrogens is 264 g/mol. The van der Waals surface area contributed by atoms with Gasteiger partial charge in [0.05, 0.1) is 6.61 Å². The van der Waals surface area contributed by atoms with Gasteiger partial charge in [0, 0.05) is 12.0 Å². The summed E-state index contributed by atoms with van der Waals surface area (Å²) >= 11 is 0. The highest BCUT2D eigenvalue weighted by Gasteiger charge is 2.00. The molecule has 3 heteroatoms. The van der Waals surface area contributed by atoms with E-state index in [1.54, 1.807) is 12.1 Å². The van der Waals surface area contributed by atoms with Crippen LogP contribution in [0.2, 0.25) is 0 Å². The number of aryl methyl sites for hydroxylation is 1. The first-order valence-corrected chi connectivity index (χ1v) is 6.80. The zero-order valence-corrected chi connectivity index (χ0v) is 12.0. The fourth-order valence-electron chi connectivity index (χ4n) is 1.84. The Bertz CT molecular complexity index is 648. The summed E-state index contributed by atoms with van der Waals surface area (Å²) in [6.07, 6.45) is 0.485. The van der Waals surface area contributed by atoms with Gasteiger partial charge >= 0.3 is 0 Å². The summed E-state index contributed by atoms with van der Waals surface area (Å²) < 4.78 is 5.72. The Morgan fingerprint density at radius 1 is 1.10 bits per heavy atom. The highest BCUT2D eigenvalue weighted by atomic mass is 16.5. The minimum atomic E-state index is 0.0832. The van der Waals surface area contributed by atoms with Crippen LogP contribution in [0, 0.1) is 18.8 Å². The number of aliphatic hydroxyl groups excluding tert-OH is 1. The Morgan fingerprint density at radius 3 is 2.52 bits per heavy atom. The van der Waals surface area contributed by atoms with Gasteiger partial charge in [-0.05, 0) is 48.4 Å². The van der Waals surface area contributed by atoms with E-state index in [1.165, 1.54) is 0 Å². The molecule has 0 bridgehead atoms. The van der Waals surface area contributed by atoms with E-state index >= 15 is 0 Å². The molecule has 2 aromatic rings. The minimum Gasteiger partial charge on any atom is -0.508 e. The van der Waals surface area contributed by atoms with E-state index in [-0.39, 0.29) is 12.4 Å². The molecule has 0 saturated heterocycles. The molecule has 0 aliphatic rings. The average Bonchev–Trinajstić information content (AvgIpc) is 2.49. The van der Waals surface area contributed by atoms with Crippen molar-refractivity contribution in [2.75, 3.05) is 6.61 Å². The molecule has 0 spiro atoms. The van der Waals surface area contributed by atoms with Crippen LogP contribution in [0.3, 0.4) is 0 Å². The molecule has 0 heterocycles. The Hall–Kier alpha value is -2.44. The van der Waals surface area contributed by atoms with Crippen LogP contribution in [0.15, 0.2) is 42.5 Å². The Balaban J connectivity index is 2.00. The van der Waals surface area contributed by atoms with Gasteiger partial charge in [0.25, 0.3) is 0 Å². The van der Waals surface area contributed by atoms with Crippen molar-refractivity contribution in [2.45, 2.75) is 20.0 Å². The molecule has 0 aromatic heterocycles. The molecule has 2 aromatic carbocycles. The van der Waals surface area contributed by atoms with Crippen LogP contribution in [-0.2, 0) is 6.61 Å². The normalized spacial score (nSPS) is 9.81. The van der Waals surface area contributed by atoms with Gasteiger partial charge < -0.3 is 14.9 Å². The van der Waals surface area contributed by atoms with Crippen molar-refractivity contribution in [2.24, 2.45) is 0 Å². The van der Waals surface area contributed by atoms with Gasteiger partial charge in [-0.1, -0.05) is 24.0 Å². The zero-order chi connectivity index (χ0) is 15.1. The van der Waals surface area contributed by atoms with E-state index in [4.69, 9.17) is 9.84 Å². The third kappa shape index (κ3) is 4.55. The maximum Gasteiger partial charge on any atom is 0.120 e. The Kier molecular flexibility index (Phi) is 5.25. The van der Waals surface area contributed by atoms with E-state index in [0.717, 1.165) is 22.4 Å². The van der Waals surface area contributed by atoms with Crippen molar-refractivity contribution in [3.05, 3.63) is 59.2 Å². The first-order chi connectivity index (χ1) is 10.2. The van der Waals surface area contributed by atoms with E-state index < -0.39 is 0 Å². The standard InChI is InChI=1S/C18H18O3/c1-14-12-18(10-7-16(14)4-2-3-11-19)21-13-15-5-8-17(20)9-6-15/h5-10,12,19-20H,3,11,13H2,1H3. The quantitative estimate of drug-likeness (QED) is 0.848. The van der Waals surface area contributed by atoms with Crippen LogP contribution in [0.5, 0.6) is 11.5 Å². The van der Waals surface area contributed by atoms with Crippen molar-refractivity contribution in [1.82, 2.24) is 0 Å². The van der Waals surface area contributed by atoms with Crippen LogP contribution >= 0.6 is 0 Å². The molecular formula is C18H18O3. The molecule has 0 aliphatic carbocycles. The molecule has 0 aliphatic heterocycles. The van der Waals surface area contributed by atoms with Gasteiger partial charge in [-0.25, -0.2) is 0 Å². The van der Waals surface area contributed by atoms with Crippen LogP contribution < -0.4 is 4.74 Å². The summed E-state index contributed by atoms with van der Waals surface area (Å²) in [5, 5.41) is 17.9. The van der Waals surface area contributed by atoms with E-state index in [1.807, 2.05) is 37.3 Å². The monoisotopic (exact) mass is 282 g/mol. The number of hydrogen-bond donors (Lipinski definition) is 2. The lowest BCUT2D eigenvalue weighted by atomic mass is 10.1.